The Hall–Kier alpha value is -1.10. The second kappa shape index (κ2) is 5.72. The van der Waals surface area contributed by atoms with Gasteiger partial charge in [-0.1, -0.05) is 11.6 Å². The van der Waals surface area contributed by atoms with Gasteiger partial charge in [0.2, 0.25) is 0 Å². The first-order chi connectivity index (χ1) is 9.70. The predicted octanol–water partition coefficient (Wildman–Crippen LogP) is 3.64. The molecule has 5 heteroatoms. The van der Waals surface area contributed by atoms with Crippen LogP contribution in [0.2, 0.25) is 5.02 Å². The molecule has 1 unspecified atom stereocenters. The number of hydrogen-bond donors (Lipinski definition) is 1. The Kier molecular flexibility index (Phi) is 3.96. The molecule has 2 aromatic rings. The van der Waals surface area contributed by atoms with Gasteiger partial charge in [-0.15, -0.1) is 11.3 Å². The van der Waals surface area contributed by atoms with Gasteiger partial charge in [-0.2, -0.15) is 0 Å². The van der Waals surface area contributed by atoms with Crippen molar-refractivity contribution in [1.82, 2.24) is 10.3 Å². The van der Waals surface area contributed by atoms with Crippen molar-refractivity contribution in [1.29, 1.82) is 0 Å². The van der Waals surface area contributed by atoms with Crippen molar-refractivity contribution in [2.75, 3.05) is 18.5 Å². The summed E-state index contributed by atoms with van der Waals surface area (Å²) in [5.41, 5.74) is 2.35. The van der Waals surface area contributed by atoms with Crippen LogP contribution in [0, 0.1) is 0 Å². The fraction of sp³-hybridized carbons (Fsp3) is 0.400. The van der Waals surface area contributed by atoms with Crippen LogP contribution in [-0.4, -0.2) is 18.6 Å². The topological polar surface area (TPSA) is 28.2 Å². The van der Waals surface area contributed by atoms with Gasteiger partial charge in [0.25, 0.3) is 0 Å². The predicted molar refractivity (Wildman–Crippen MR) is 85.8 cm³/mol. The van der Waals surface area contributed by atoms with Crippen molar-refractivity contribution in [3.05, 3.63) is 44.7 Å². The van der Waals surface area contributed by atoms with Gasteiger partial charge in [0.05, 0.1) is 16.8 Å². The van der Waals surface area contributed by atoms with E-state index in [4.69, 9.17) is 16.6 Å². The van der Waals surface area contributed by atoms with Crippen LogP contribution in [0.4, 0.5) is 5.82 Å². The largest absolute Gasteiger partial charge is 0.349 e. The lowest BCUT2D eigenvalue weighted by atomic mass is 10.0. The van der Waals surface area contributed by atoms with Gasteiger partial charge in [0.15, 0.2) is 0 Å². The first-order valence-corrected chi connectivity index (χ1v) is 8.09. The Labute approximate surface area is 128 Å². The lowest BCUT2D eigenvalue weighted by molar-refractivity contribution is 0.622. The summed E-state index contributed by atoms with van der Waals surface area (Å²) in [6.07, 6.45) is 1.10. The zero-order chi connectivity index (χ0) is 14.1. The van der Waals surface area contributed by atoms with E-state index in [0.717, 1.165) is 29.5 Å². The normalized spacial score (nSPS) is 18.1. The second-order valence-corrected chi connectivity index (χ2v) is 6.45. The average molecular weight is 308 g/mol. The van der Waals surface area contributed by atoms with E-state index in [1.54, 1.807) is 0 Å². The van der Waals surface area contributed by atoms with Gasteiger partial charge < -0.3 is 10.2 Å². The molecule has 2 aromatic heterocycles. The quantitative estimate of drug-likeness (QED) is 0.938. The van der Waals surface area contributed by atoms with Crippen molar-refractivity contribution < 1.29 is 0 Å². The highest BCUT2D eigenvalue weighted by Gasteiger charge is 2.25. The molecular weight excluding hydrogens is 290 g/mol. The molecule has 0 spiro atoms. The second-order valence-electron chi connectivity index (χ2n) is 5.05. The van der Waals surface area contributed by atoms with Crippen molar-refractivity contribution in [3.63, 3.8) is 0 Å². The monoisotopic (exact) mass is 307 g/mol. The summed E-state index contributed by atoms with van der Waals surface area (Å²) >= 11 is 8.06. The molecule has 0 aromatic carbocycles. The molecule has 0 amide bonds. The third-order valence-electron chi connectivity index (χ3n) is 3.82. The first-order valence-electron chi connectivity index (χ1n) is 6.83. The molecule has 20 heavy (non-hydrogen) atoms. The molecule has 0 saturated carbocycles. The molecule has 1 N–H and O–H groups in total. The van der Waals surface area contributed by atoms with E-state index in [2.05, 4.69) is 28.6 Å². The van der Waals surface area contributed by atoms with Crippen molar-refractivity contribution >= 4 is 28.8 Å². The average Bonchev–Trinajstić information content (AvgIpc) is 2.92. The van der Waals surface area contributed by atoms with E-state index in [9.17, 15) is 0 Å². The van der Waals surface area contributed by atoms with E-state index in [0.29, 0.717) is 12.6 Å². The van der Waals surface area contributed by atoms with Crippen LogP contribution in [0.1, 0.15) is 29.1 Å². The van der Waals surface area contributed by atoms with Gasteiger partial charge in [-0.25, -0.2) is 4.98 Å². The minimum atomic E-state index is 0.376. The number of thiophene rings is 1. The van der Waals surface area contributed by atoms with E-state index in [1.165, 1.54) is 10.4 Å². The van der Waals surface area contributed by atoms with Crippen LogP contribution in [-0.2, 0) is 13.0 Å². The Bertz CT molecular complexity index is 611. The lowest BCUT2D eigenvalue weighted by Crippen LogP contribution is -2.34. The highest BCUT2D eigenvalue weighted by molar-refractivity contribution is 7.10. The Morgan fingerprint density at radius 3 is 3.10 bits per heavy atom. The molecule has 0 radical (unpaired) electrons. The highest BCUT2D eigenvalue weighted by atomic mass is 35.5. The smallest absolute Gasteiger partial charge is 0.129 e. The van der Waals surface area contributed by atoms with Crippen molar-refractivity contribution in [3.8, 4) is 0 Å². The zero-order valence-electron chi connectivity index (χ0n) is 11.7. The zero-order valence-corrected chi connectivity index (χ0v) is 13.3. The molecule has 1 aliphatic heterocycles. The Morgan fingerprint density at radius 1 is 1.45 bits per heavy atom. The Morgan fingerprint density at radius 2 is 2.30 bits per heavy atom. The minimum absolute atomic E-state index is 0.376. The molecule has 3 nitrogen and oxygen atoms in total. The summed E-state index contributed by atoms with van der Waals surface area (Å²) in [5, 5.41) is 6.03. The molecule has 1 atom stereocenters. The maximum absolute atomic E-state index is 6.19. The third-order valence-corrected chi connectivity index (χ3v) is 5.16. The fourth-order valence-electron chi connectivity index (χ4n) is 2.75. The molecule has 0 saturated heterocycles. The molecular formula is C15H18ClN3S. The van der Waals surface area contributed by atoms with Crippen LogP contribution in [0.3, 0.4) is 0 Å². The summed E-state index contributed by atoms with van der Waals surface area (Å²) in [6, 6.07) is 6.59. The van der Waals surface area contributed by atoms with Crippen LogP contribution < -0.4 is 10.2 Å². The van der Waals surface area contributed by atoms with Gasteiger partial charge in [0.1, 0.15) is 5.82 Å². The maximum Gasteiger partial charge on any atom is 0.129 e. The molecule has 3 heterocycles. The number of hydrogen-bond acceptors (Lipinski definition) is 4. The van der Waals surface area contributed by atoms with Crippen LogP contribution in [0.5, 0.6) is 0 Å². The maximum atomic E-state index is 6.19. The summed E-state index contributed by atoms with van der Waals surface area (Å²) in [4.78, 5) is 8.61. The number of anilines is 1. The summed E-state index contributed by atoms with van der Waals surface area (Å²) < 4.78 is 0. The highest BCUT2D eigenvalue weighted by Crippen LogP contribution is 2.35. The van der Waals surface area contributed by atoms with Crippen LogP contribution >= 0.6 is 22.9 Å². The molecule has 0 fully saturated rings. The van der Waals surface area contributed by atoms with Gasteiger partial charge in [-0.3, -0.25) is 0 Å². The van der Waals surface area contributed by atoms with Gasteiger partial charge in [-0.05, 0) is 49.5 Å². The first kappa shape index (κ1) is 13.9. The third kappa shape index (κ3) is 2.43. The summed E-state index contributed by atoms with van der Waals surface area (Å²) in [7, 11) is 1.91. The number of pyridine rings is 1. The van der Waals surface area contributed by atoms with Gasteiger partial charge >= 0.3 is 0 Å². The van der Waals surface area contributed by atoms with E-state index in [-0.39, 0.29) is 0 Å². The standard InChI is InChI=1S/C15H18ClN3S/c1-10-11-6-8-20-14(11)5-7-19(10)15-4-3-12(16)13(18-15)9-17-2/h3-4,6,8,10,17H,5,7,9H2,1-2H3. The number of halogens is 1. The molecule has 106 valence electrons. The van der Waals surface area contributed by atoms with Crippen LogP contribution in [0.25, 0.3) is 0 Å². The van der Waals surface area contributed by atoms with Crippen molar-refractivity contribution in [2.45, 2.75) is 25.9 Å². The summed E-state index contributed by atoms with van der Waals surface area (Å²) in [5.74, 6) is 1.02. The number of nitrogens with one attached hydrogen (secondary N) is 1. The fourth-order valence-corrected chi connectivity index (χ4v) is 3.88. The number of fused-ring (bicyclic) bond motifs is 1. The SMILES string of the molecule is CNCc1nc(N2CCc3sccc3C2C)ccc1Cl. The lowest BCUT2D eigenvalue weighted by Gasteiger charge is -2.34. The number of aromatic nitrogens is 1. The van der Waals surface area contributed by atoms with E-state index in [1.807, 2.05) is 30.5 Å². The number of nitrogens with zero attached hydrogens (tertiary/aromatic N) is 2. The molecule has 0 bridgehead atoms. The molecule has 1 aliphatic rings. The molecule has 3 rings (SSSR count). The van der Waals surface area contributed by atoms with Crippen molar-refractivity contribution in [2.24, 2.45) is 0 Å². The van der Waals surface area contributed by atoms with Gasteiger partial charge in [0, 0.05) is 18.0 Å². The van der Waals surface area contributed by atoms with E-state index < -0.39 is 0 Å². The number of rotatable bonds is 3. The van der Waals surface area contributed by atoms with E-state index >= 15 is 0 Å². The summed E-state index contributed by atoms with van der Waals surface area (Å²) in [6.45, 7) is 3.96. The molecule has 0 aliphatic carbocycles. The Balaban J connectivity index is 1.92. The van der Waals surface area contributed by atoms with Crippen LogP contribution in [0.15, 0.2) is 23.6 Å². The minimum Gasteiger partial charge on any atom is -0.349 e.